The molecule has 0 unspecified atom stereocenters. The van der Waals surface area contributed by atoms with Crippen molar-refractivity contribution in [3.05, 3.63) is 40.9 Å². The summed E-state index contributed by atoms with van der Waals surface area (Å²) in [5.41, 5.74) is 0.118. The minimum atomic E-state index is -0.560. The van der Waals surface area contributed by atoms with E-state index in [9.17, 15) is 9.18 Å². The van der Waals surface area contributed by atoms with Crippen LogP contribution < -0.4 is 5.32 Å². The third kappa shape index (κ3) is 3.17. The monoisotopic (exact) mass is 308 g/mol. The molecule has 1 aliphatic rings. The van der Waals surface area contributed by atoms with Gasteiger partial charge >= 0.3 is 6.03 Å². The number of carbonyl (C=O) groups excluding carboxylic acids is 1. The first-order valence-electron chi connectivity index (χ1n) is 6.40. The maximum absolute atomic E-state index is 13.5. The first-order chi connectivity index (χ1) is 10.2. The molecule has 0 spiro atoms. The van der Waals surface area contributed by atoms with E-state index in [4.69, 9.17) is 4.74 Å². The van der Waals surface area contributed by atoms with Crippen molar-refractivity contribution in [2.24, 2.45) is 0 Å². The lowest BCUT2D eigenvalue weighted by Gasteiger charge is -2.32. The van der Waals surface area contributed by atoms with Crippen molar-refractivity contribution in [3.63, 3.8) is 0 Å². The van der Waals surface area contributed by atoms with Gasteiger partial charge in [-0.25, -0.2) is 14.2 Å². The molecule has 8 heteroatoms. The standard InChI is InChI=1S/C13H13FN4O2S/c14-9-7-15-2-1-10(9)17-13(19)18-4-5-20-11(8-18)12-16-3-6-21-12/h1-3,6-7,11H,4-5,8H2,(H,15,17,19)/t11-/m1/s1. The summed E-state index contributed by atoms with van der Waals surface area (Å²) >= 11 is 1.49. The first-order valence-corrected chi connectivity index (χ1v) is 7.28. The molecule has 1 atom stereocenters. The van der Waals surface area contributed by atoms with Crippen LogP contribution in [0.1, 0.15) is 11.1 Å². The van der Waals surface area contributed by atoms with Crippen LogP contribution in [0.4, 0.5) is 14.9 Å². The summed E-state index contributed by atoms with van der Waals surface area (Å²) in [5, 5.41) is 5.25. The highest BCUT2D eigenvalue weighted by Gasteiger charge is 2.27. The molecule has 3 heterocycles. The average Bonchev–Trinajstić information content (AvgIpc) is 3.04. The van der Waals surface area contributed by atoms with Gasteiger partial charge in [-0.1, -0.05) is 0 Å². The molecule has 0 aromatic carbocycles. The van der Waals surface area contributed by atoms with Crippen molar-refractivity contribution < 1.29 is 13.9 Å². The lowest BCUT2D eigenvalue weighted by Crippen LogP contribution is -2.44. The van der Waals surface area contributed by atoms with E-state index in [1.165, 1.54) is 23.6 Å². The predicted octanol–water partition coefficient (Wildman–Crippen LogP) is 2.28. The Kier molecular flexibility index (Phi) is 4.07. The van der Waals surface area contributed by atoms with Gasteiger partial charge in [0.2, 0.25) is 0 Å². The Balaban J connectivity index is 1.66. The van der Waals surface area contributed by atoms with E-state index in [2.05, 4.69) is 15.3 Å². The van der Waals surface area contributed by atoms with Gasteiger partial charge in [0.05, 0.1) is 25.0 Å². The minimum absolute atomic E-state index is 0.118. The second kappa shape index (κ2) is 6.15. The van der Waals surface area contributed by atoms with E-state index in [0.29, 0.717) is 19.7 Å². The molecular weight excluding hydrogens is 295 g/mol. The van der Waals surface area contributed by atoms with Crippen molar-refractivity contribution in [1.29, 1.82) is 0 Å². The van der Waals surface area contributed by atoms with Crippen LogP contribution in [0.5, 0.6) is 0 Å². The number of morpholine rings is 1. The van der Waals surface area contributed by atoms with Crippen molar-refractivity contribution >= 4 is 23.1 Å². The van der Waals surface area contributed by atoms with E-state index in [-0.39, 0.29) is 17.8 Å². The van der Waals surface area contributed by atoms with Crippen LogP contribution in [0.3, 0.4) is 0 Å². The number of thiazole rings is 1. The molecule has 3 rings (SSSR count). The molecule has 21 heavy (non-hydrogen) atoms. The van der Waals surface area contributed by atoms with Crippen LogP contribution >= 0.6 is 11.3 Å². The third-order valence-electron chi connectivity index (χ3n) is 3.09. The molecule has 1 aliphatic heterocycles. The Labute approximate surface area is 124 Å². The van der Waals surface area contributed by atoms with E-state index >= 15 is 0 Å². The number of pyridine rings is 1. The van der Waals surface area contributed by atoms with E-state index < -0.39 is 5.82 Å². The van der Waals surface area contributed by atoms with Gasteiger partial charge in [0.1, 0.15) is 11.1 Å². The summed E-state index contributed by atoms with van der Waals surface area (Å²) in [4.78, 5) is 21.6. The number of halogens is 1. The number of ether oxygens (including phenoxy) is 1. The van der Waals surface area contributed by atoms with Crippen molar-refractivity contribution in [2.45, 2.75) is 6.10 Å². The molecule has 1 fully saturated rings. The van der Waals surface area contributed by atoms with Gasteiger partial charge in [-0.2, -0.15) is 0 Å². The molecule has 1 N–H and O–H groups in total. The van der Waals surface area contributed by atoms with Crippen molar-refractivity contribution in [1.82, 2.24) is 14.9 Å². The number of hydrogen-bond acceptors (Lipinski definition) is 5. The molecular formula is C13H13FN4O2S. The van der Waals surface area contributed by atoms with Crippen LogP contribution in [0.2, 0.25) is 0 Å². The number of nitrogens with zero attached hydrogens (tertiary/aromatic N) is 3. The predicted molar refractivity (Wildman–Crippen MR) is 75.6 cm³/mol. The van der Waals surface area contributed by atoms with Crippen LogP contribution in [0, 0.1) is 5.82 Å². The molecule has 1 saturated heterocycles. The first kappa shape index (κ1) is 13.9. The minimum Gasteiger partial charge on any atom is -0.367 e. The Morgan fingerprint density at radius 2 is 2.43 bits per heavy atom. The van der Waals surface area contributed by atoms with Gasteiger partial charge in [-0.15, -0.1) is 11.3 Å². The van der Waals surface area contributed by atoms with Gasteiger partial charge in [0, 0.05) is 24.3 Å². The van der Waals surface area contributed by atoms with Crippen molar-refractivity contribution in [3.8, 4) is 0 Å². The van der Waals surface area contributed by atoms with Crippen molar-refractivity contribution in [2.75, 3.05) is 25.0 Å². The van der Waals surface area contributed by atoms with Crippen LogP contribution in [-0.2, 0) is 4.74 Å². The van der Waals surface area contributed by atoms with E-state index in [1.807, 2.05) is 5.38 Å². The molecule has 0 bridgehead atoms. The molecule has 2 aromatic heterocycles. The number of hydrogen-bond donors (Lipinski definition) is 1. The molecule has 6 nitrogen and oxygen atoms in total. The summed E-state index contributed by atoms with van der Waals surface area (Å²) in [6, 6.07) is 1.07. The smallest absolute Gasteiger partial charge is 0.322 e. The van der Waals surface area contributed by atoms with E-state index in [1.54, 1.807) is 11.1 Å². The molecule has 0 radical (unpaired) electrons. The highest BCUT2D eigenvalue weighted by atomic mass is 32.1. The third-order valence-corrected chi connectivity index (χ3v) is 3.96. The summed E-state index contributed by atoms with van der Waals surface area (Å²) < 4.78 is 19.1. The Bertz CT molecular complexity index is 622. The number of amides is 2. The number of nitrogens with one attached hydrogen (secondary N) is 1. The summed E-state index contributed by atoms with van der Waals surface area (Å²) in [5.74, 6) is -0.560. The van der Waals surface area contributed by atoms with Gasteiger partial charge in [-0.05, 0) is 6.07 Å². The van der Waals surface area contributed by atoms with E-state index in [0.717, 1.165) is 11.2 Å². The Hall–Kier alpha value is -2.06. The molecule has 0 saturated carbocycles. The van der Waals surface area contributed by atoms with Gasteiger partial charge in [-0.3, -0.25) is 4.98 Å². The lowest BCUT2D eigenvalue weighted by molar-refractivity contribution is -0.0136. The second-order valence-electron chi connectivity index (χ2n) is 4.46. The van der Waals surface area contributed by atoms with Gasteiger partial charge in [0.25, 0.3) is 0 Å². The summed E-state index contributed by atoms with van der Waals surface area (Å²) in [6.07, 6.45) is 3.96. The Morgan fingerprint density at radius 3 is 3.19 bits per heavy atom. The largest absolute Gasteiger partial charge is 0.367 e. The van der Waals surface area contributed by atoms with Crippen LogP contribution in [0.25, 0.3) is 0 Å². The molecule has 0 aliphatic carbocycles. The number of urea groups is 1. The molecule has 110 valence electrons. The molecule has 2 amide bonds. The average molecular weight is 308 g/mol. The summed E-state index contributed by atoms with van der Waals surface area (Å²) in [6.45, 7) is 1.28. The molecule has 2 aromatic rings. The lowest BCUT2D eigenvalue weighted by atomic mass is 10.3. The number of rotatable bonds is 2. The van der Waals surface area contributed by atoms with Crippen LogP contribution in [0.15, 0.2) is 30.0 Å². The zero-order chi connectivity index (χ0) is 14.7. The number of aromatic nitrogens is 2. The number of carbonyl (C=O) groups is 1. The topological polar surface area (TPSA) is 67.4 Å². The maximum atomic E-state index is 13.5. The fraction of sp³-hybridized carbons (Fsp3) is 0.308. The second-order valence-corrected chi connectivity index (χ2v) is 5.39. The normalized spacial score (nSPS) is 18.5. The van der Waals surface area contributed by atoms with Crippen LogP contribution in [-0.4, -0.2) is 40.6 Å². The fourth-order valence-electron chi connectivity index (χ4n) is 2.05. The quantitative estimate of drug-likeness (QED) is 0.924. The van der Waals surface area contributed by atoms with Gasteiger partial charge in [0.15, 0.2) is 5.82 Å². The number of anilines is 1. The highest BCUT2D eigenvalue weighted by Crippen LogP contribution is 2.24. The Morgan fingerprint density at radius 1 is 1.52 bits per heavy atom. The maximum Gasteiger partial charge on any atom is 0.322 e. The zero-order valence-corrected chi connectivity index (χ0v) is 11.8. The van der Waals surface area contributed by atoms with Gasteiger partial charge < -0.3 is 15.0 Å². The zero-order valence-electron chi connectivity index (χ0n) is 11.0. The fourth-order valence-corrected chi connectivity index (χ4v) is 2.72. The SMILES string of the molecule is O=C(Nc1ccncc1F)N1CCO[C@@H](c2nccs2)C1. The highest BCUT2D eigenvalue weighted by molar-refractivity contribution is 7.09. The summed E-state index contributed by atoms with van der Waals surface area (Å²) in [7, 11) is 0.